The molecular formula is C29H44O. The van der Waals surface area contributed by atoms with Crippen molar-refractivity contribution < 1.29 is 4.74 Å². The number of aryl methyl sites for hydroxylation is 1. The normalized spacial score (nSPS) is 11.0. The lowest BCUT2D eigenvalue weighted by Crippen LogP contribution is -2.01. The smallest absolute Gasteiger partial charge is 0.119 e. The third-order valence-corrected chi connectivity index (χ3v) is 5.97. The summed E-state index contributed by atoms with van der Waals surface area (Å²) in [4.78, 5) is 0. The van der Waals surface area contributed by atoms with Crippen LogP contribution in [0, 0.1) is 0 Å². The van der Waals surface area contributed by atoms with Gasteiger partial charge in [-0.1, -0.05) is 126 Å². The third-order valence-electron chi connectivity index (χ3n) is 5.97. The predicted octanol–water partition coefficient (Wildman–Crippen LogP) is 8.94. The zero-order chi connectivity index (χ0) is 21.1. The minimum atomic E-state index is 0.742. The number of unbranched alkanes of at least 4 members (excludes halogenated alkanes) is 12. The highest BCUT2D eigenvalue weighted by Gasteiger charge is 1.99. The molecule has 0 radical (unpaired) electrons. The van der Waals surface area contributed by atoms with E-state index in [0.29, 0.717) is 0 Å². The van der Waals surface area contributed by atoms with Gasteiger partial charge in [0.1, 0.15) is 5.75 Å². The molecule has 0 aliphatic carbocycles. The van der Waals surface area contributed by atoms with Crippen LogP contribution in [0.2, 0.25) is 0 Å². The van der Waals surface area contributed by atoms with Gasteiger partial charge in [0.15, 0.2) is 0 Å². The average molecular weight is 409 g/mol. The first-order chi connectivity index (χ1) is 14.9. The Bertz CT molecular complexity index is 634. The molecule has 0 spiro atoms. The number of benzene rings is 2. The fourth-order valence-corrected chi connectivity index (χ4v) is 4.07. The second-order valence-corrected chi connectivity index (χ2v) is 8.72. The second kappa shape index (κ2) is 17.0. The molecule has 2 aromatic carbocycles. The van der Waals surface area contributed by atoms with Crippen LogP contribution in [0.5, 0.6) is 5.75 Å². The Morgan fingerprint density at radius 3 is 1.73 bits per heavy atom. The van der Waals surface area contributed by atoms with Crippen LogP contribution in [0.25, 0.3) is 0 Å². The van der Waals surface area contributed by atoms with Gasteiger partial charge in [0.25, 0.3) is 0 Å². The Morgan fingerprint density at radius 1 is 0.533 bits per heavy atom. The molecule has 0 unspecified atom stereocenters. The Hall–Kier alpha value is -1.76. The number of hydrogen-bond donors (Lipinski definition) is 0. The molecule has 2 rings (SSSR count). The maximum absolute atomic E-state index is 5.97. The molecule has 0 atom stereocenters. The molecule has 30 heavy (non-hydrogen) atoms. The molecule has 0 bridgehead atoms. The first-order valence-electron chi connectivity index (χ1n) is 12.6. The van der Waals surface area contributed by atoms with E-state index in [-0.39, 0.29) is 0 Å². The topological polar surface area (TPSA) is 9.23 Å². The Morgan fingerprint density at radius 2 is 1.10 bits per heavy atom. The highest BCUT2D eigenvalue weighted by Crippen LogP contribution is 2.17. The molecule has 1 heteroatoms. The van der Waals surface area contributed by atoms with Crippen LogP contribution in [-0.2, 0) is 12.8 Å². The van der Waals surface area contributed by atoms with Gasteiger partial charge in [-0.2, -0.15) is 0 Å². The molecule has 0 aliphatic rings. The molecule has 166 valence electrons. The van der Waals surface area contributed by atoms with Crippen LogP contribution in [0.15, 0.2) is 54.6 Å². The SMILES string of the molecule is CCCCCCCCCCCCCCCc1cccc(OCCc2ccccc2)c1. The van der Waals surface area contributed by atoms with E-state index in [9.17, 15) is 0 Å². The standard InChI is InChI=1S/C29H44O/c1-2-3-4-5-6-7-8-9-10-11-12-13-15-21-28-22-18-23-29(26-28)30-25-24-27-19-16-14-17-20-27/h14,16-20,22-23,26H,2-13,15,21,24-25H2,1H3. The maximum Gasteiger partial charge on any atom is 0.119 e. The van der Waals surface area contributed by atoms with Gasteiger partial charge in [0.05, 0.1) is 6.61 Å². The zero-order valence-electron chi connectivity index (χ0n) is 19.4. The second-order valence-electron chi connectivity index (χ2n) is 8.72. The third kappa shape index (κ3) is 12.1. The van der Waals surface area contributed by atoms with E-state index in [1.54, 1.807) is 0 Å². The van der Waals surface area contributed by atoms with Crippen molar-refractivity contribution in [3.8, 4) is 5.75 Å². The monoisotopic (exact) mass is 408 g/mol. The zero-order valence-corrected chi connectivity index (χ0v) is 19.4. The van der Waals surface area contributed by atoms with Crippen LogP contribution in [0.4, 0.5) is 0 Å². The van der Waals surface area contributed by atoms with Crippen molar-refractivity contribution in [2.24, 2.45) is 0 Å². The predicted molar refractivity (Wildman–Crippen MR) is 131 cm³/mol. The fourth-order valence-electron chi connectivity index (χ4n) is 4.07. The van der Waals surface area contributed by atoms with Gasteiger partial charge in [-0.05, 0) is 36.1 Å². The van der Waals surface area contributed by atoms with Crippen LogP contribution < -0.4 is 4.74 Å². The molecule has 1 nitrogen and oxygen atoms in total. The van der Waals surface area contributed by atoms with Crippen LogP contribution in [0.3, 0.4) is 0 Å². The largest absolute Gasteiger partial charge is 0.493 e. The summed E-state index contributed by atoms with van der Waals surface area (Å²) in [6.45, 7) is 3.03. The molecule has 0 amide bonds. The van der Waals surface area contributed by atoms with E-state index in [2.05, 4.69) is 61.5 Å². The summed E-state index contributed by atoms with van der Waals surface area (Å²) < 4.78 is 5.97. The van der Waals surface area contributed by atoms with E-state index < -0.39 is 0 Å². The van der Waals surface area contributed by atoms with Gasteiger partial charge in [0, 0.05) is 6.42 Å². The van der Waals surface area contributed by atoms with Crippen molar-refractivity contribution in [2.75, 3.05) is 6.61 Å². The Labute approximate surface area is 186 Å². The van der Waals surface area contributed by atoms with Gasteiger partial charge in [-0.15, -0.1) is 0 Å². The van der Waals surface area contributed by atoms with Crippen LogP contribution >= 0.6 is 0 Å². The van der Waals surface area contributed by atoms with Gasteiger partial charge < -0.3 is 4.74 Å². The van der Waals surface area contributed by atoms with Crippen molar-refractivity contribution >= 4 is 0 Å². The lowest BCUT2D eigenvalue weighted by atomic mass is 10.0. The molecule has 0 saturated heterocycles. The molecule has 2 aromatic rings. The van der Waals surface area contributed by atoms with Crippen molar-refractivity contribution in [1.82, 2.24) is 0 Å². The minimum Gasteiger partial charge on any atom is -0.493 e. The van der Waals surface area contributed by atoms with Gasteiger partial charge in [-0.3, -0.25) is 0 Å². The summed E-state index contributed by atoms with van der Waals surface area (Å²) in [6, 6.07) is 19.2. The molecule has 0 saturated carbocycles. The number of hydrogen-bond acceptors (Lipinski definition) is 1. The van der Waals surface area contributed by atoms with Crippen LogP contribution in [0.1, 0.15) is 102 Å². The summed E-state index contributed by atoms with van der Waals surface area (Å²) in [7, 11) is 0. The summed E-state index contributed by atoms with van der Waals surface area (Å²) in [5.74, 6) is 1.01. The lowest BCUT2D eigenvalue weighted by molar-refractivity contribution is 0.321. The molecular weight excluding hydrogens is 364 g/mol. The fraction of sp³-hybridized carbons (Fsp3) is 0.586. The van der Waals surface area contributed by atoms with Crippen molar-refractivity contribution in [3.63, 3.8) is 0 Å². The van der Waals surface area contributed by atoms with E-state index >= 15 is 0 Å². The lowest BCUT2D eigenvalue weighted by Gasteiger charge is -2.08. The Balaban J connectivity index is 1.45. The van der Waals surface area contributed by atoms with Crippen molar-refractivity contribution in [2.45, 2.75) is 103 Å². The quantitative estimate of drug-likeness (QED) is 0.224. The van der Waals surface area contributed by atoms with Gasteiger partial charge in [-0.25, -0.2) is 0 Å². The molecule has 0 N–H and O–H groups in total. The van der Waals surface area contributed by atoms with Crippen molar-refractivity contribution in [3.05, 3.63) is 65.7 Å². The van der Waals surface area contributed by atoms with Gasteiger partial charge >= 0.3 is 0 Å². The molecule has 0 fully saturated rings. The first-order valence-corrected chi connectivity index (χ1v) is 12.6. The molecule has 0 heterocycles. The van der Waals surface area contributed by atoms with E-state index in [1.807, 2.05) is 0 Å². The van der Waals surface area contributed by atoms with E-state index in [0.717, 1.165) is 18.8 Å². The Kier molecular flexibility index (Phi) is 13.9. The molecule has 0 aliphatic heterocycles. The molecule has 0 aromatic heterocycles. The number of rotatable bonds is 18. The van der Waals surface area contributed by atoms with Crippen LogP contribution in [-0.4, -0.2) is 6.61 Å². The van der Waals surface area contributed by atoms with Gasteiger partial charge in [0.2, 0.25) is 0 Å². The summed E-state index contributed by atoms with van der Waals surface area (Å²) >= 11 is 0. The van der Waals surface area contributed by atoms with E-state index in [4.69, 9.17) is 4.74 Å². The maximum atomic E-state index is 5.97. The average Bonchev–Trinajstić information content (AvgIpc) is 2.78. The first kappa shape index (κ1) is 24.5. The minimum absolute atomic E-state index is 0.742. The van der Waals surface area contributed by atoms with Crippen molar-refractivity contribution in [1.29, 1.82) is 0 Å². The summed E-state index contributed by atoms with van der Waals surface area (Å²) in [5, 5.41) is 0. The summed E-state index contributed by atoms with van der Waals surface area (Å²) in [5.41, 5.74) is 2.75. The highest BCUT2D eigenvalue weighted by molar-refractivity contribution is 5.28. The number of ether oxygens (including phenoxy) is 1. The summed E-state index contributed by atoms with van der Waals surface area (Å²) in [6.07, 6.45) is 20.5. The van der Waals surface area contributed by atoms with E-state index in [1.165, 1.54) is 101 Å². The highest BCUT2D eigenvalue weighted by atomic mass is 16.5.